The van der Waals surface area contributed by atoms with E-state index in [0.717, 1.165) is 36.1 Å². The van der Waals surface area contributed by atoms with E-state index in [2.05, 4.69) is 5.32 Å². The summed E-state index contributed by atoms with van der Waals surface area (Å²) < 4.78 is 0. The van der Waals surface area contributed by atoms with E-state index < -0.39 is 0 Å². The Kier molecular flexibility index (Phi) is 6.75. The molecule has 0 bridgehead atoms. The lowest BCUT2D eigenvalue weighted by Gasteiger charge is -2.06. The molecule has 0 heterocycles. The third-order valence-electron chi connectivity index (χ3n) is 3.57. The Hall–Kier alpha value is -1.71. The second-order valence-corrected chi connectivity index (χ2v) is 6.26. The maximum atomic E-state index is 11.8. The van der Waals surface area contributed by atoms with E-state index in [1.54, 1.807) is 6.07 Å². The van der Waals surface area contributed by atoms with Crippen LogP contribution in [0.15, 0.2) is 42.5 Å². The van der Waals surface area contributed by atoms with Crippen molar-refractivity contribution in [3.05, 3.63) is 63.6 Å². The maximum Gasteiger partial charge on any atom is 0.220 e. The van der Waals surface area contributed by atoms with Gasteiger partial charge in [-0.25, -0.2) is 0 Å². The van der Waals surface area contributed by atoms with Crippen LogP contribution in [-0.2, 0) is 17.6 Å². The summed E-state index contributed by atoms with van der Waals surface area (Å²) >= 11 is 11.9. The van der Waals surface area contributed by atoms with E-state index in [-0.39, 0.29) is 5.91 Å². The topological polar surface area (TPSA) is 55.1 Å². The van der Waals surface area contributed by atoms with Crippen LogP contribution in [0.2, 0.25) is 10.0 Å². The zero-order chi connectivity index (χ0) is 16.7. The van der Waals surface area contributed by atoms with Crippen LogP contribution in [0.3, 0.4) is 0 Å². The molecule has 23 heavy (non-hydrogen) atoms. The van der Waals surface area contributed by atoms with Gasteiger partial charge >= 0.3 is 0 Å². The van der Waals surface area contributed by atoms with E-state index >= 15 is 0 Å². The maximum absolute atomic E-state index is 11.8. The minimum absolute atomic E-state index is 0.0699. The fourth-order valence-electron chi connectivity index (χ4n) is 2.27. The van der Waals surface area contributed by atoms with Crippen LogP contribution in [0, 0.1) is 0 Å². The van der Waals surface area contributed by atoms with Crippen molar-refractivity contribution in [1.29, 1.82) is 0 Å². The second kappa shape index (κ2) is 8.80. The molecular formula is C18H20Cl2N2O. The number of halogens is 2. The smallest absolute Gasteiger partial charge is 0.220 e. The van der Waals surface area contributed by atoms with Crippen molar-refractivity contribution in [2.24, 2.45) is 0 Å². The van der Waals surface area contributed by atoms with Gasteiger partial charge in [0.05, 0.1) is 10.0 Å². The summed E-state index contributed by atoms with van der Waals surface area (Å²) in [5.41, 5.74) is 8.64. The first kappa shape index (κ1) is 17.6. The lowest BCUT2D eigenvalue weighted by molar-refractivity contribution is -0.121. The molecule has 3 N–H and O–H groups in total. The molecule has 0 spiro atoms. The molecule has 0 saturated carbocycles. The van der Waals surface area contributed by atoms with Crippen molar-refractivity contribution in [1.82, 2.24) is 5.32 Å². The highest BCUT2D eigenvalue weighted by molar-refractivity contribution is 6.42. The van der Waals surface area contributed by atoms with E-state index in [0.29, 0.717) is 23.0 Å². The van der Waals surface area contributed by atoms with Gasteiger partial charge in [0.1, 0.15) is 0 Å². The molecule has 0 atom stereocenters. The molecule has 0 fully saturated rings. The molecule has 2 aromatic carbocycles. The summed E-state index contributed by atoms with van der Waals surface area (Å²) in [5.74, 6) is 0.0699. The zero-order valence-electron chi connectivity index (χ0n) is 12.8. The molecule has 5 heteroatoms. The molecule has 0 aliphatic rings. The van der Waals surface area contributed by atoms with Gasteiger partial charge in [0.25, 0.3) is 0 Å². The van der Waals surface area contributed by atoms with Crippen LogP contribution < -0.4 is 11.1 Å². The fourth-order valence-corrected chi connectivity index (χ4v) is 2.59. The molecule has 1 amide bonds. The van der Waals surface area contributed by atoms with Gasteiger partial charge in [-0.3, -0.25) is 4.79 Å². The fraction of sp³-hybridized carbons (Fsp3) is 0.278. The van der Waals surface area contributed by atoms with Crippen molar-refractivity contribution in [2.75, 3.05) is 12.3 Å². The summed E-state index contributed by atoms with van der Waals surface area (Å²) in [6.45, 7) is 0.634. The lowest BCUT2D eigenvalue weighted by atomic mass is 10.1. The number of hydrogen-bond acceptors (Lipinski definition) is 2. The molecule has 0 saturated heterocycles. The van der Waals surface area contributed by atoms with Crippen LogP contribution in [0.25, 0.3) is 0 Å². The van der Waals surface area contributed by atoms with Crippen LogP contribution in [0.5, 0.6) is 0 Å². The standard InChI is InChI=1S/C18H20Cl2N2O/c19-16-9-6-14(12-17(16)20)2-1-3-18(23)22-11-10-13-4-7-15(21)8-5-13/h4-9,12H,1-3,10-11,21H2,(H,22,23). The SMILES string of the molecule is Nc1ccc(CCNC(=O)CCCc2ccc(Cl)c(Cl)c2)cc1. The third-order valence-corrected chi connectivity index (χ3v) is 4.31. The van der Waals surface area contributed by atoms with E-state index in [1.165, 1.54) is 0 Å². The molecule has 0 aromatic heterocycles. The van der Waals surface area contributed by atoms with Gasteiger partial charge < -0.3 is 11.1 Å². The Labute approximate surface area is 146 Å². The highest BCUT2D eigenvalue weighted by Crippen LogP contribution is 2.23. The summed E-state index contributed by atoms with van der Waals surface area (Å²) in [7, 11) is 0. The number of carbonyl (C=O) groups is 1. The molecule has 3 nitrogen and oxygen atoms in total. The number of hydrogen-bond donors (Lipinski definition) is 2. The van der Waals surface area contributed by atoms with Crippen molar-refractivity contribution < 1.29 is 4.79 Å². The Bertz CT molecular complexity index is 657. The molecule has 2 rings (SSSR count). The number of aryl methyl sites for hydroxylation is 1. The van der Waals surface area contributed by atoms with Gasteiger partial charge in [-0.15, -0.1) is 0 Å². The predicted molar refractivity (Wildman–Crippen MR) is 97.0 cm³/mol. The average Bonchev–Trinajstić information content (AvgIpc) is 2.53. The molecule has 0 unspecified atom stereocenters. The second-order valence-electron chi connectivity index (χ2n) is 5.44. The molecule has 2 aromatic rings. The van der Waals surface area contributed by atoms with Crippen LogP contribution in [0.1, 0.15) is 24.0 Å². The van der Waals surface area contributed by atoms with Crippen molar-refractivity contribution in [3.8, 4) is 0 Å². The largest absolute Gasteiger partial charge is 0.399 e. The van der Waals surface area contributed by atoms with Gasteiger partial charge in [-0.1, -0.05) is 41.4 Å². The Morgan fingerprint density at radius 2 is 1.65 bits per heavy atom. The van der Waals surface area contributed by atoms with Gasteiger partial charge in [0.15, 0.2) is 0 Å². The number of rotatable bonds is 7. The molecule has 0 aliphatic carbocycles. The number of nitrogens with one attached hydrogen (secondary N) is 1. The summed E-state index contributed by atoms with van der Waals surface area (Å²) in [5, 5.41) is 4.04. The van der Waals surface area contributed by atoms with E-state index in [1.807, 2.05) is 36.4 Å². The first-order valence-corrected chi connectivity index (χ1v) is 8.35. The number of amides is 1. The van der Waals surface area contributed by atoms with Gasteiger partial charge in [0.2, 0.25) is 5.91 Å². The third kappa shape index (κ3) is 6.12. The molecule has 0 radical (unpaired) electrons. The van der Waals surface area contributed by atoms with Gasteiger partial charge in [-0.05, 0) is 54.7 Å². The monoisotopic (exact) mass is 350 g/mol. The number of carbonyl (C=O) groups excluding carboxylic acids is 1. The molecule has 0 aliphatic heterocycles. The highest BCUT2D eigenvalue weighted by Gasteiger charge is 2.03. The van der Waals surface area contributed by atoms with E-state index in [4.69, 9.17) is 28.9 Å². The predicted octanol–water partition coefficient (Wildman–Crippen LogP) is 4.26. The van der Waals surface area contributed by atoms with Crippen LogP contribution in [0.4, 0.5) is 5.69 Å². The van der Waals surface area contributed by atoms with Crippen LogP contribution >= 0.6 is 23.2 Å². The quantitative estimate of drug-likeness (QED) is 0.733. The average molecular weight is 351 g/mol. The first-order valence-electron chi connectivity index (χ1n) is 7.59. The first-order chi connectivity index (χ1) is 11.0. The van der Waals surface area contributed by atoms with Crippen LogP contribution in [-0.4, -0.2) is 12.5 Å². The number of benzene rings is 2. The van der Waals surface area contributed by atoms with E-state index in [9.17, 15) is 4.79 Å². The Morgan fingerprint density at radius 1 is 0.957 bits per heavy atom. The normalized spacial score (nSPS) is 10.5. The van der Waals surface area contributed by atoms with Gasteiger partial charge in [0, 0.05) is 18.7 Å². The van der Waals surface area contributed by atoms with Crippen molar-refractivity contribution >= 4 is 34.8 Å². The zero-order valence-corrected chi connectivity index (χ0v) is 14.3. The molecular weight excluding hydrogens is 331 g/mol. The lowest BCUT2D eigenvalue weighted by Crippen LogP contribution is -2.25. The summed E-state index contributed by atoms with van der Waals surface area (Å²) in [6.07, 6.45) is 2.90. The minimum atomic E-state index is 0.0699. The van der Waals surface area contributed by atoms with Crippen molar-refractivity contribution in [3.63, 3.8) is 0 Å². The van der Waals surface area contributed by atoms with Crippen molar-refractivity contribution in [2.45, 2.75) is 25.7 Å². The number of nitrogen functional groups attached to an aromatic ring is 1. The van der Waals surface area contributed by atoms with Gasteiger partial charge in [-0.2, -0.15) is 0 Å². The summed E-state index contributed by atoms with van der Waals surface area (Å²) in [4.78, 5) is 11.8. The molecule has 122 valence electrons. The Morgan fingerprint density at radius 3 is 2.35 bits per heavy atom. The Balaban J connectivity index is 1.65. The minimum Gasteiger partial charge on any atom is -0.399 e. The highest BCUT2D eigenvalue weighted by atomic mass is 35.5. The summed E-state index contributed by atoms with van der Waals surface area (Å²) in [6, 6.07) is 13.3. The number of nitrogens with two attached hydrogens (primary N) is 1. The number of anilines is 1.